The summed E-state index contributed by atoms with van der Waals surface area (Å²) in [6.07, 6.45) is 2.21. The lowest BCUT2D eigenvalue weighted by atomic mass is 10.2. The molecule has 98 valence electrons. The molecular formula is C13H20N4O. The van der Waals surface area contributed by atoms with E-state index in [0.717, 1.165) is 30.2 Å². The summed E-state index contributed by atoms with van der Waals surface area (Å²) < 4.78 is 0. The quantitative estimate of drug-likeness (QED) is 0.830. The van der Waals surface area contributed by atoms with Gasteiger partial charge in [0.05, 0.1) is 6.54 Å². The SMILES string of the molecule is Cc1cc(NCC(=O)NC2CC2)nc(C(C)C)n1. The monoisotopic (exact) mass is 248 g/mol. The summed E-state index contributed by atoms with van der Waals surface area (Å²) in [5.41, 5.74) is 0.916. The van der Waals surface area contributed by atoms with Gasteiger partial charge in [-0.1, -0.05) is 13.8 Å². The summed E-state index contributed by atoms with van der Waals surface area (Å²) in [4.78, 5) is 20.3. The normalized spacial score (nSPS) is 14.7. The Morgan fingerprint density at radius 3 is 2.78 bits per heavy atom. The highest BCUT2D eigenvalue weighted by Gasteiger charge is 2.22. The number of aromatic nitrogens is 2. The fourth-order valence-corrected chi connectivity index (χ4v) is 1.62. The van der Waals surface area contributed by atoms with E-state index in [9.17, 15) is 4.79 Å². The summed E-state index contributed by atoms with van der Waals surface area (Å²) in [6.45, 7) is 6.31. The van der Waals surface area contributed by atoms with E-state index in [1.807, 2.05) is 13.0 Å². The summed E-state index contributed by atoms with van der Waals surface area (Å²) >= 11 is 0. The van der Waals surface area contributed by atoms with E-state index in [1.54, 1.807) is 0 Å². The Morgan fingerprint density at radius 1 is 1.44 bits per heavy atom. The maximum Gasteiger partial charge on any atom is 0.239 e. The molecule has 1 aliphatic rings. The van der Waals surface area contributed by atoms with Crippen LogP contribution >= 0.6 is 0 Å². The van der Waals surface area contributed by atoms with Crippen molar-refractivity contribution in [2.75, 3.05) is 11.9 Å². The molecule has 2 rings (SSSR count). The van der Waals surface area contributed by atoms with Gasteiger partial charge in [-0.2, -0.15) is 0 Å². The predicted molar refractivity (Wildman–Crippen MR) is 70.5 cm³/mol. The Labute approximate surface area is 107 Å². The van der Waals surface area contributed by atoms with Crippen molar-refractivity contribution in [2.45, 2.75) is 45.6 Å². The summed E-state index contributed by atoms with van der Waals surface area (Å²) in [6, 6.07) is 2.26. The van der Waals surface area contributed by atoms with Crippen LogP contribution in [0.4, 0.5) is 5.82 Å². The zero-order chi connectivity index (χ0) is 13.1. The fraction of sp³-hybridized carbons (Fsp3) is 0.615. The van der Waals surface area contributed by atoms with E-state index in [4.69, 9.17) is 0 Å². The van der Waals surface area contributed by atoms with E-state index in [0.29, 0.717) is 6.04 Å². The van der Waals surface area contributed by atoms with Crippen molar-refractivity contribution in [1.82, 2.24) is 15.3 Å². The van der Waals surface area contributed by atoms with Gasteiger partial charge in [0.25, 0.3) is 0 Å². The fourth-order valence-electron chi connectivity index (χ4n) is 1.62. The summed E-state index contributed by atoms with van der Waals surface area (Å²) in [5, 5.41) is 5.98. The first kappa shape index (κ1) is 12.8. The van der Waals surface area contributed by atoms with E-state index >= 15 is 0 Å². The molecule has 1 aromatic rings. The van der Waals surface area contributed by atoms with Crippen molar-refractivity contribution in [1.29, 1.82) is 0 Å². The third kappa shape index (κ3) is 3.68. The zero-order valence-electron chi connectivity index (χ0n) is 11.2. The minimum absolute atomic E-state index is 0.0277. The Hall–Kier alpha value is -1.65. The van der Waals surface area contributed by atoms with Gasteiger partial charge < -0.3 is 10.6 Å². The lowest BCUT2D eigenvalue weighted by Gasteiger charge is -2.10. The van der Waals surface area contributed by atoms with Crippen LogP contribution < -0.4 is 10.6 Å². The number of anilines is 1. The Balaban J connectivity index is 1.93. The van der Waals surface area contributed by atoms with Gasteiger partial charge in [0, 0.05) is 23.7 Å². The van der Waals surface area contributed by atoms with Gasteiger partial charge in [-0.15, -0.1) is 0 Å². The molecule has 1 fully saturated rings. The molecule has 1 heterocycles. The molecule has 1 saturated carbocycles. The first-order valence-electron chi connectivity index (χ1n) is 6.43. The third-order valence-corrected chi connectivity index (χ3v) is 2.76. The molecule has 0 radical (unpaired) electrons. The molecule has 1 amide bonds. The smallest absolute Gasteiger partial charge is 0.239 e. The number of amides is 1. The molecule has 0 saturated heterocycles. The van der Waals surface area contributed by atoms with E-state index < -0.39 is 0 Å². The molecule has 18 heavy (non-hydrogen) atoms. The molecule has 1 aromatic heterocycles. The van der Waals surface area contributed by atoms with Crippen molar-refractivity contribution >= 4 is 11.7 Å². The van der Waals surface area contributed by atoms with Gasteiger partial charge in [-0.3, -0.25) is 4.79 Å². The molecule has 0 spiro atoms. The Kier molecular flexibility index (Phi) is 3.79. The van der Waals surface area contributed by atoms with E-state index in [1.165, 1.54) is 0 Å². The molecule has 5 nitrogen and oxygen atoms in total. The van der Waals surface area contributed by atoms with Gasteiger partial charge in [0.15, 0.2) is 0 Å². The predicted octanol–water partition coefficient (Wildman–Crippen LogP) is 1.60. The van der Waals surface area contributed by atoms with Crippen LogP contribution in [0, 0.1) is 6.92 Å². The largest absolute Gasteiger partial charge is 0.361 e. The summed E-state index contributed by atoms with van der Waals surface area (Å²) in [5.74, 6) is 1.84. The zero-order valence-corrected chi connectivity index (χ0v) is 11.2. The molecule has 0 atom stereocenters. The van der Waals surface area contributed by atoms with Crippen LogP contribution in [-0.2, 0) is 4.79 Å². The number of rotatable bonds is 5. The highest BCUT2D eigenvalue weighted by atomic mass is 16.2. The minimum Gasteiger partial charge on any atom is -0.361 e. The van der Waals surface area contributed by atoms with E-state index in [2.05, 4.69) is 34.4 Å². The lowest BCUT2D eigenvalue weighted by molar-refractivity contribution is -0.119. The topological polar surface area (TPSA) is 66.9 Å². The van der Waals surface area contributed by atoms with Crippen LogP contribution in [-0.4, -0.2) is 28.5 Å². The van der Waals surface area contributed by atoms with Crippen LogP contribution in [0.3, 0.4) is 0 Å². The van der Waals surface area contributed by atoms with Gasteiger partial charge in [0.1, 0.15) is 11.6 Å². The van der Waals surface area contributed by atoms with Crippen molar-refractivity contribution in [3.63, 3.8) is 0 Å². The molecule has 2 N–H and O–H groups in total. The highest BCUT2D eigenvalue weighted by molar-refractivity contribution is 5.80. The molecule has 0 bridgehead atoms. The average molecular weight is 248 g/mol. The molecule has 5 heteroatoms. The minimum atomic E-state index is 0.0277. The second-order valence-corrected chi connectivity index (χ2v) is 5.10. The van der Waals surface area contributed by atoms with Crippen LogP contribution in [0.5, 0.6) is 0 Å². The second-order valence-electron chi connectivity index (χ2n) is 5.10. The average Bonchev–Trinajstić information content (AvgIpc) is 3.09. The maximum atomic E-state index is 11.6. The van der Waals surface area contributed by atoms with Crippen LogP contribution in [0.15, 0.2) is 6.07 Å². The number of carbonyl (C=O) groups is 1. The van der Waals surface area contributed by atoms with Gasteiger partial charge in [-0.05, 0) is 19.8 Å². The van der Waals surface area contributed by atoms with Crippen LogP contribution in [0.25, 0.3) is 0 Å². The first-order valence-corrected chi connectivity index (χ1v) is 6.43. The Bertz CT molecular complexity index is 441. The maximum absolute atomic E-state index is 11.6. The van der Waals surface area contributed by atoms with Crippen molar-refractivity contribution in [3.05, 3.63) is 17.6 Å². The van der Waals surface area contributed by atoms with Gasteiger partial charge in [-0.25, -0.2) is 9.97 Å². The number of carbonyl (C=O) groups excluding carboxylic acids is 1. The number of nitrogens with one attached hydrogen (secondary N) is 2. The van der Waals surface area contributed by atoms with Gasteiger partial charge >= 0.3 is 0 Å². The number of hydrogen-bond donors (Lipinski definition) is 2. The standard InChI is InChI=1S/C13H20N4O/c1-8(2)13-15-9(3)6-11(17-13)14-7-12(18)16-10-4-5-10/h6,8,10H,4-5,7H2,1-3H3,(H,16,18)(H,14,15,17). The van der Waals surface area contributed by atoms with Crippen LogP contribution in [0.1, 0.15) is 44.1 Å². The lowest BCUT2D eigenvalue weighted by Crippen LogP contribution is -2.31. The number of nitrogens with zero attached hydrogens (tertiary/aromatic N) is 2. The van der Waals surface area contributed by atoms with E-state index in [-0.39, 0.29) is 18.4 Å². The molecule has 0 aromatic carbocycles. The highest BCUT2D eigenvalue weighted by Crippen LogP contribution is 2.18. The molecular weight excluding hydrogens is 228 g/mol. The summed E-state index contributed by atoms with van der Waals surface area (Å²) in [7, 11) is 0. The van der Waals surface area contributed by atoms with Crippen molar-refractivity contribution in [3.8, 4) is 0 Å². The molecule has 0 aliphatic heterocycles. The van der Waals surface area contributed by atoms with Crippen LogP contribution in [0.2, 0.25) is 0 Å². The third-order valence-electron chi connectivity index (χ3n) is 2.76. The van der Waals surface area contributed by atoms with Crippen molar-refractivity contribution < 1.29 is 4.79 Å². The van der Waals surface area contributed by atoms with Crippen molar-refractivity contribution in [2.24, 2.45) is 0 Å². The molecule has 0 unspecified atom stereocenters. The second kappa shape index (κ2) is 5.33. The number of aryl methyl sites for hydroxylation is 1. The Morgan fingerprint density at radius 2 is 2.17 bits per heavy atom. The molecule has 1 aliphatic carbocycles. The number of hydrogen-bond acceptors (Lipinski definition) is 4. The van der Waals surface area contributed by atoms with Gasteiger partial charge in [0.2, 0.25) is 5.91 Å². The first-order chi connectivity index (χ1) is 8.54.